The first-order valence-corrected chi connectivity index (χ1v) is 15.2. The number of hydrogen-bond acceptors (Lipinski definition) is 10. The van der Waals surface area contributed by atoms with Crippen LogP contribution < -0.4 is 0 Å². The highest BCUT2D eigenvalue weighted by atomic mass is 16.9. The van der Waals surface area contributed by atoms with Gasteiger partial charge in [-0.25, -0.2) is 4.79 Å². The number of hydrogen-bond donors (Lipinski definition) is 3. The number of aliphatic hydroxyl groups excluding tert-OH is 2. The van der Waals surface area contributed by atoms with Gasteiger partial charge in [-0.05, 0) is 31.1 Å². The minimum Gasteiger partial charge on any atom is -0.455 e. The van der Waals surface area contributed by atoms with Crippen molar-refractivity contribution >= 4 is 11.8 Å². The number of carbonyl (C=O) groups excluding carboxylic acids is 2. The number of carbonyl (C=O) groups is 2. The van der Waals surface area contributed by atoms with Crippen molar-refractivity contribution in [2.24, 2.45) is 23.7 Å². The van der Waals surface area contributed by atoms with Crippen molar-refractivity contribution in [3.63, 3.8) is 0 Å². The summed E-state index contributed by atoms with van der Waals surface area (Å²) in [6, 6.07) is 17.7. The van der Waals surface area contributed by atoms with E-state index in [4.69, 9.17) is 23.7 Å². The molecule has 232 valence electrons. The van der Waals surface area contributed by atoms with Crippen molar-refractivity contribution in [3.8, 4) is 0 Å². The van der Waals surface area contributed by atoms with E-state index in [1.165, 1.54) is 0 Å². The lowest BCUT2D eigenvalue weighted by molar-refractivity contribution is -0.443. The van der Waals surface area contributed by atoms with Crippen LogP contribution in [0.15, 0.2) is 72.8 Å². The third-order valence-electron chi connectivity index (χ3n) is 11.5. The van der Waals surface area contributed by atoms with Crippen molar-refractivity contribution in [2.75, 3.05) is 6.61 Å². The molecule has 3 aliphatic carbocycles. The number of Topliss-reactive ketones (excluding diaryl/α,β-unsaturated/α-hetero) is 1. The van der Waals surface area contributed by atoms with Gasteiger partial charge < -0.3 is 39.0 Å². The first-order chi connectivity index (χ1) is 20.9. The number of ketones is 1. The zero-order valence-corrected chi connectivity index (χ0v) is 24.7. The highest BCUT2D eigenvalue weighted by molar-refractivity contribution is 5.93. The van der Waals surface area contributed by atoms with Gasteiger partial charge in [-0.2, -0.15) is 0 Å². The number of epoxide rings is 1. The number of benzene rings is 2. The Labute approximate surface area is 254 Å². The maximum absolute atomic E-state index is 13.9. The molecule has 10 heteroatoms. The molecule has 10 nitrogen and oxygen atoms in total. The Kier molecular flexibility index (Phi) is 5.73. The summed E-state index contributed by atoms with van der Waals surface area (Å²) in [6.45, 7) is 9.02. The molecule has 8 rings (SSSR count). The van der Waals surface area contributed by atoms with Crippen LogP contribution in [0.4, 0.5) is 0 Å². The largest absolute Gasteiger partial charge is 0.455 e. The van der Waals surface area contributed by atoms with E-state index in [2.05, 4.69) is 6.58 Å². The van der Waals surface area contributed by atoms with Crippen LogP contribution in [-0.2, 0) is 34.5 Å². The summed E-state index contributed by atoms with van der Waals surface area (Å²) in [5, 5.41) is 34.9. The third kappa shape index (κ3) is 3.05. The maximum atomic E-state index is 13.9. The molecule has 0 aromatic heterocycles. The molecular weight excluding hydrogens is 568 g/mol. The fourth-order valence-corrected chi connectivity index (χ4v) is 9.52. The molecule has 3 aliphatic heterocycles. The zero-order chi connectivity index (χ0) is 31.0. The molecule has 6 fully saturated rings. The molecule has 2 aromatic carbocycles. The van der Waals surface area contributed by atoms with Crippen LogP contribution in [0.2, 0.25) is 0 Å². The lowest BCUT2D eigenvalue weighted by Crippen LogP contribution is -2.76. The summed E-state index contributed by atoms with van der Waals surface area (Å²) in [5.41, 5.74) is -5.52. The van der Waals surface area contributed by atoms with Crippen molar-refractivity contribution < 1.29 is 48.6 Å². The average molecular weight is 605 g/mol. The quantitative estimate of drug-likeness (QED) is 0.264. The highest BCUT2D eigenvalue weighted by Crippen LogP contribution is 2.74. The minimum atomic E-state index is -2.33. The molecule has 3 bridgehead atoms. The summed E-state index contributed by atoms with van der Waals surface area (Å²) in [6.07, 6.45) is -4.39. The lowest BCUT2D eigenvalue weighted by atomic mass is 9.52. The normalized spacial score (nSPS) is 49.5. The molecule has 0 radical (unpaired) electrons. The van der Waals surface area contributed by atoms with Gasteiger partial charge in [0, 0.05) is 29.2 Å². The predicted octanol–water partition coefficient (Wildman–Crippen LogP) is 2.25. The van der Waals surface area contributed by atoms with E-state index in [9.17, 15) is 24.9 Å². The summed E-state index contributed by atoms with van der Waals surface area (Å²) < 4.78 is 33.5. The molecular formula is C34H36O10. The molecule has 44 heavy (non-hydrogen) atoms. The summed E-state index contributed by atoms with van der Waals surface area (Å²) in [4.78, 5) is 27.6. The van der Waals surface area contributed by atoms with Crippen molar-refractivity contribution in [2.45, 2.75) is 80.0 Å². The topological polar surface area (TPSA) is 144 Å². The van der Waals surface area contributed by atoms with E-state index < -0.39 is 94.8 Å². The van der Waals surface area contributed by atoms with Crippen LogP contribution in [0.5, 0.6) is 0 Å². The van der Waals surface area contributed by atoms with Gasteiger partial charge in [0.25, 0.3) is 0 Å². The van der Waals surface area contributed by atoms with Crippen LogP contribution >= 0.6 is 0 Å². The molecule has 0 amide bonds. The number of aliphatic hydroxyl groups is 3. The molecule has 2 aromatic rings. The van der Waals surface area contributed by atoms with Crippen LogP contribution in [0, 0.1) is 23.7 Å². The van der Waals surface area contributed by atoms with Crippen molar-refractivity contribution in [1.82, 2.24) is 0 Å². The van der Waals surface area contributed by atoms with E-state index in [0.29, 0.717) is 16.7 Å². The van der Waals surface area contributed by atoms with Gasteiger partial charge >= 0.3 is 11.9 Å². The van der Waals surface area contributed by atoms with E-state index in [1.54, 1.807) is 56.3 Å². The number of esters is 1. The highest BCUT2D eigenvalue weighted by Gasteiger charge is 2.91. The van der Waals surface area contributed by atoms with Crippen molar-refractivity contribution in [3.05, 3.63) is 83.9 Å². The van der Waals surface area contributed by atoms with Crippen LogP contribution in [-0.4, -0.2) is 80.5 Å². The van der Waals surface area contributed by atoms with E-state index >= 15 is 0 Å². The van der Waals surface area contributed by atoms with Crippen LogP contribution in [0.25, 0.3) is 0 Å². The first-order valence-electron chi connectivity index (χ1n) is 15.2. The molecule has 3 N–H and O–H groups in total. The van der Waals surface area contributed by atoms with Gasteiger partial charge in [-0.15, -0.1) is 0 Å². The van der Waals surface area contributed by atoms with Crippen LogP contribution in [0.1, 0.15) is 43.1 Å². The second kappa shape index (κ2) is 8.85. The number of ether oxygens (including phenoxy) is 5. The second-order valence-corrected chi connectivity index (χ2v) is 13.5. The molecule has 6 aliphatic rings. The van der Waals surface area contributed by atoms with E-state index in [-0.39, 0.29) is 6.42 Å². The Hall–Kier alpha value is -2.96. The zero-order valence-electron chi connectivity index (χ0n) is 24.7. The number of rotatable bonds is 5. The molecule has 3 saturated heterocycles. The minimum absolute atomic E-state index is 0.179. The Morgan fingerprint density at radius 3 is 2.32 bits per heavy atom. The van der Waals surface area contributed by atoms with E-state index in [0.717, 1.165) is 0 Å². The van der Waals surface area contributed by atoms with Crippen LogP contribution in [0.3, 0.4) is 0 Å². The predicted molar refractivity (Wildman–Crippen MR) is 152 cm³/mol. The summed E-state index contributed by atoms with van der Waals surface area (Å²) >= 11 is 0. The Morgan fingerprint density at radius 1 is 1.02 bits per heavy atom. The molecule has 2 unspecified atom stereocenters. The summed E-state index contributed by atoms with van der Waals surface area (Å²) in [5.74, 6) is -6.07. The van der Waals surface area contributed by atoms with Gasteiger partial charge in [0.05, 0.1) is 17.8 Å². The first kappa shape index (κ1) is 28.5. The Bertz CT molecular complexity index is 1560. The molecule has 3 saturated carbocycles. The molecule has 3 heterocycles. The number of fused-ring (bicyclic) bond motifs is 3. The monoisotopic (exact) mass is 604 g/mol. The average Bonchev–Trinajstić information content (AvgIpc) is 3.65. The lowest BCUT2D eigenvalue weighted by Gasteiger charge is -2.61. The van der Waals surface area contributed by atoms with Gasteiger partial charge in [0.2, 0.25) is 0 Å². The fourth-order valence-electron chi connectivity index (χ4n) is 9.52. The maximum Gasteiger partial charge on any atom is 0.338 e. The van der Waals surface area contributed by atoms with Crippen molar-refractivity contribution in [1.29, 1.82) is 0 Å². The standard InChI is InChI=1S/C34H36O10/c1-17(2)32-25(40-28(37)20-11-7-5-8-12-20)19(4)33-22-15-18(3)24(36)31(22,39)29(38)30(16-35)26(41-30)23(33)27(32)42-34(43-32,44-33)21-13-9-6-10-14-21/h5-14,18-19,22-23,25-27,29,35,38-39H,1,15-16H2,2-4H3/t18?,19-,22-,23+,25?,26+,27-,29-,30+,31-,32+,33+,34-/m1/s1. The fraction of sp³-hybridized carbons (Fsp3) is 0.529. The van der Waals surface area contributed by atoms with Gasteiger partial charge in [-0.1, -0.05) is 69.0 Å². The molecule has 0 spiro atoms. The Morgan fingerprint density at radius 2 is 1.68 bits per heavy atom. The van der Waals surface area contributed by atoms with Gasteiger partial charge in [-0.3, -0.25) is 4.79 Å². The van der Waals surface area contributed by atoms with E-state index in [1.807, 2.05) is 25.1 Å². The molecule has 13 atom stereocenters. The Balaban J connectivity index is 1.40. The van der Waals surface area contributed by atoms with Gasteiger partial charge in [0.15, 0.2) is 17.0 Å². The SMILES string of the molecule is C=C(C)[C@@]12O[C@@]3(c4ccccc4)O[C@@H]1[C@@H]1[C@@H]4O[C@]4(CO)[C@@H](O)[C@]4(O)C(=O)C(C)C[C@H]4[C@@]1(O3)[C@H](C)C2OC(=O)c1ccccc1. The smallest absolute Gasteiger partial charge is 0.338 e. The second-order valence-electron chi connectivity index (χ2n) is 13.5. The third-order valence-corrected chi connectivity index (χ3v) is 11.5. The van der Waals surface area contributed by atoms with Gasteiger partial charge in [0.1, 0.15) is 30.0 Å². The summed E-state index contributed by atoms with van der Waals surface area (Å²) in [7, 11) is 0.